The summed E-state index contributed by atoms with van der Waals surface area (Å²) in [7, 11) is 0. The van der Waals surface area contributed by atoms with Crippen molar-refractivity contribution < 1.29 is 0 Å². The molecule has 0 bridgehead atoms. The molecule has 134 valence electrons. The summed E-state index contributed by atoms with van der Waals surface area (Å²) in [5.41, 5.74) is 6.05. The van der Waals surface area contributed by atoms with Crippen molar-refractivity contribution in [3.8, 4) is 21.8 Å². The Morgan fingerprint density at radius 3 is 2.42 bits per heavy atom. The molecule has 0 saturated carbocycles. The van der Waals surface area contributed by atoms with E-state index in [2.05, 4.69) is 66.4 Å². The minimum absolute atomic E-state index is 0.0709. The van der Waals surface area contributed by atoms with E-state index in [0.29, 0.717) is 0 Å². The SMILES string of the molecule is CC(C)(C)c1ccncc1-c1nc(-c2ccc(N3CCCC3)cc2)cs1. The summed E-state index contributed by atoms with van der Waals surface area (Å²) in [6, 6.07) is 11.0. The molecule has 1 aromatic carbocycles. The lowest BCUT2D eigenvalue weighted by Crippen LogP contribution is -2.17. The van der Waals surface area contributed by atoms with Crippen molar-refractivity contribution in [2.24, 2.45) is 0 Å². The Labute approximate surface area is 159 Å². The number of hydrogen-bond donors (Lipinski definition) is 0. The van der Waals surface area contributed by atoms with Gasteiger partial charge in [0.1, 0.15) is 5.01 Å². The van der Waals surface area contributed by atoms with Crippen molar-refractivity contribution in [1.29, 1.82) is 0 Å². The minimum atomic E-state index is 0.0709. The molecule has 1 aliphatic heterocycles. The van der Waals surface area contributed by atoms with Crippen LogP contribution in [0, 0.1) is 0 Å². The van der Waals surface area contributed by atoms with E-state index < -0.39 is 0 Å². The summed E-state index contributed by atoms with van der Waals surface area (Å²) in [6.45, 7) is 9.06. The highest BCUT2D eigenvalue weighted by Gasteiger charge is 2.20. The lowest BCUT2D eigenvalue weighted by atomic mass is 9.85. The average Bonchev–Trinajstić information content (AvgIpc) is 3.33. The van der Waals surface area contributed by atoms with Gasteiger partial charge in [-0.15, -0.1) is 11.3 Å². The smallest absolute Gasteiger partial charge is 0.125 e. The topological polar surface area (TPSA) is 29.0 Å². The van der Waals surface area contributed by atoms with Gasteiger partial charge in [0, 0.05) is 47.7 Å². The molecule has 0 atom stereocenters. The Bertz CT molecular complexity index is 884. The lowest BCUT2D eigenvalue weighted by molar-refractivity contribution is 0.591. The van der Waals surface area contributed by atoms with Crippen LogP contribution in [-0.2, 0) is 5.41 Å². The summed E-state index contributed by atoms with van der Waals surface area (Å²) < 4.78 is 0. The Morgan fingerprint density at radius 1 is 1.00 bits per heavy atom. The van der Waals surface area contributed by atoms with E-state index in [1.807, 2.05) is 12.4 Å². The van der Waals surface area contributed by atoms with E-state index >= 15 is 0 Å². The lowest BCUT2D eigenvalue weighted by Gasteiger charge is -2.21. The van der Waals surface area contributed by atoms with Gasteiger partial charge in [-0.2, -0.15) is 0 Å². The van der Waals surface area contributed by atoms with Crippen molar-refractivity contribution >= 4 is 17.0 Å². The molecule has 0 unspecified atom stereocenters. The highest BCUT2D eigenvalue weighted by atomic mass is 32.1. The van der Waals surface area contributed by atoms with Gasteiger partial charge in [-0.25, -0.2) is 4.98 Å². The number of anilines is 1. The number of pyridine rings is 1. The van der Waals surface area contributed by atoms with Gasteiger partial charge in [0.2, 0.25) is 0 Å². The van der Waals surface area contributed by atoms with E-state index in [1.54, 1.807) is 11.3 Å². The molecule has 1 fully saturated rings. The normalized spacial score (nSPS) is 14.8. The predicted molar refractivity (Wildman–Crippen MR) is 111 cm³/mol. The van der Waals surface area contributed by atoms with Crippen molar-refractivity contribution in [1.82, 2.24) is 9.97 Å². The summed E-state index contributed by atoms with van der Waals surface area (Å²) >= 11 is 1.70. The third-order valence-corrected chi connectivity index (χ3v) is 5.87. The van der Waals surface area contributed by atoms with E-state index in [-0.39, 0.29) is 5.41 Å². The van der Waals surface area contributed by atoms with Gasteiger partial charge in [0.05, 0.1) is 5.69 Å². The second-order valence-corrected chi connectivity index (χ2v) is 8.81. The van der Waals surface area contributed by atoms with Crippen LogP contribution >= 0.6 is 11.3 Å². The zero-order valence-electron chi connectivity index (χ0n) is 15.7. The molecule has 0 N–H and O–H groups in total. The molecule has 3 nitrogen and oxygen atoms in total. The quantitative estimate of drug-likeness (QED) is 0.591. The summed E-state index contributed by atoms with van der Waals surface area (Å²) in [5, 5.41) is 3.20. The molecule has 2 aromatic heterocycles. The van der Waals surface area contributed by atoms with Crippen LogP contribution in [0.3, 0.4) is 0 Å². The first-order valence-corrected chi connectivity index (χ1v) is 10.2. The van der Waals surface area contributed by atoms with Crippen LogP contribution < -0.4 is 4.90 Å². The Morgan fingerprint density at radius 2 is 1.73 bits per heavy atom. The average molecular weight is 364 g/mol. The Balaban J connectivity index is 1.63. The van der Waals surface area contributed by atoms with Crippen LogP contribution in [-0.4, -0.2) is 23.1 Å². The first-order valence-electron chi connectivity index (χ1n) is 9.28. The van der Waals surface area contributed by atoms with E-state index in [1.165, 1.54) is 42.7 Å². The number of rotatable bonds is 3. The van der Waals surface area contributed by atoms with Crippen molar-refractivity contribution in [3.63, 3.8) is 0 Å². The van der Waals surface area contributed by atoms with Gasteiger partial charge >= 0.3 is 0 Å². The molecule has 3 aromatic rings. The van der Waals surface area contributed by atoms with Crippen LogP contribution in [0.1, 0.15) is 39.2 Å². The zero-order valence-corrected chi connectivity index (χ0v) is 16.5. The number of hydrogen-bond acceptors (Lipinski definition) is 4. The van der Waals surface area contributed by atoms with Gasteiger partial charge in [-0.3, -0.25) is 4.98 Å². The molecule has 0 aliphatic carbocycles. The molecule has 4 rings (SSSR count). The third kappa shape index (κ3) is 3.38. The maximum Gasteiger partial charge on any atom is 0.125 e. The molecule has 1 saturated heterocycles. The molecule has 0 radical (unpaired) electrons. The monoisotopic (exact) mass is 363 g/mol. The number of aromatic nitrogens is 2. The van der Waals surface area contributed by atoms with Crippen LogP contribution in [0.4, 0.5) is 5.69 Å². The largest absolute Gasteiger partial charge is 0.372 e. The fourth-order valence-electron chi connectivity index (χ4n) is 3.57. The molecule has 0 amide bonds. The first-order chi connectivity index (χ1) is 12.5. The molecule has 1 aliphatic rings. The number of nitrogens with zero attached hydrogens (tertiary/aromatic N) is 3. The van der Waals surface area contributed by atoms with Gasteiger partial charge in [-0.05, 0) is 42.0 Å². The summed E-state index contributed by atoms with van der Waals surface area (Å²) in [5.74, 6) is 0. The second kappa shape index (κ2) is 6.84. The van der Waals surface area contributed by atoms with Crippen LogP contribution in [0.25, 0.3) is 21.8 Å². The Hall–Kier alpha value is -2.20. The van der Waals surface area contributed by atoms with E-state index in [0.717, 1.165) is 16.3 Å². The summed E-state index contributed by atoms with van der Waals surface area (Å²) in [6.07, 6.45) is 6.42. The van der Waals surface area contributed by atoms with Gasteiger partial charge in [0.25, 0.3) is 0 Å². The second-order valence-electron chi connectivity index (χ2n) is 7.95. The molecule has 3 heterocycles. The molecular weight excluding hydrogens is 338 g/mol. The molecule has 26 heavy (non-hydrogen) atoms. The van der Waals surface area contributed by atoms with E-state index in [4.69, 9.17) is 4.98 Å². The highest BCUT2D eigenvalue weighted by molar-refractivity contribution is 7.13. The molecule has 4 heteroatoms. The maximum atomic E-state index is 4.92. The number of thiazole rings is 1. The molecular formula is C22H25N3S. The molecule has 0 spiro atoms. The van der Waals surface area contributed by atoms with Gasteiger partial charge in [0.15, 0.2) is 0 Å². The van der Waals surface area contributed by atoms with Crippen LogP contribution in [0.15, 0.2) is 48.1 Å². The van der Waals surface area contributed by atoms with Crippen LogP contribution in [0.2, 0.25) is 0 Å². The van der Waals surface area contributed by atoms with Gasteiger partial charge in [-0.1, -0.05) is 32.9 Å². The fraction of sp³-hybridized carbons (Fsp3) is 0.364. The number of benzene rings is 1. The van der Waals surface area contributed by atoms with E-state index in [9.17, 15) is 0 Å². The minimum Gasteiger partial charge on any atom is -0.372 e. The van der Waals surface area contributed by atoms with Crippen molar-refractivity contribution in [2.45, 2.75) is 39.0 Å². The summed E-state index contributed by atoms with van der Waals surface area (Å²) in [4.78, 5) is 11.7. The standard InChI is InChI=1S/C22H25N3S/c1-22(2,3)19-10-11-23-14-18(19)21-24-20(15-26-21)16-6-8-17(9-7-16)25-12-4-5-13-25/h6-11,14-15H,4-5,12-13H2,1-3H3. The third-order valence-electron chi connectivity index (χ3n) is 5.00. The first kappa shape index (κ1) is 17.2. The predicted octanol–water partition coefficient (Wildman–Crippen LogP) is 5.77. The highest BCUT2D eigenvalue weighted by Crippen LogP contribution is 2.36. The Kier molecular flexibility index (Phi) is 4.53. The zero-order chi connectivity index (χ0) is 18.1. The van der Waals surface area contributed by atoms with Crippen molar-refractivity contribution in [3.05, 3.63) is 53.7 Å². The maximum absolute atomic E-state index is 4.92. The van der Waals surface area contributed by atoms with Gasteiger partial charge < -0.3 is 4.90 Å². The van der Waals surface area contributed by atoms with Crippen LogP contribution in [0.5, 0.6) is 0 Å². The van der Waals surface area contributed by atoms with Crippen molar-refractivity contribution in [2.75, 3.05) is 18.0 Å². The fourth-order valence-corrected chi connectivity index (χ4v) is 4.42.